The SMILES string of the molecule is C=CC(C1=CC(=O)C(OC)=CC1=O)c1ccccc1.CC1CCC2(OC1)OC1CC3C4CCC5CC(O)CCC5(C)C4=CCC3(C)C1C2C. The Labute approximate surface area is 293 Å². The van der Waals surface area contributed by atoms with Crippen LogP contribution in [0.5, 0.6) is 0 Å². The van der Waals surface area contributed by atoms with E-state index in [2.05, 4.69) is 40.3 Å². The Kier molecular flexibility index (Phi) is 9.24. The normalized spacial score (nSPS) is 43.0. The lowest BCUT2D eigenvalue weighted by Crippen LogP contribution is -2.50. The highest BCUT2D eigenvalue weighted by Crippen LogP contribution is 2.69. The molecule has 1 N–H and O–H groups in total. The van der Waals surface area contributed by atoms with Crippen molar-refractivity contribution >= 4 is 11.6 Å². The fourth-order valence-electron chi connectivity index (χ4n) is 11.6. The molecule has 2 saturated heterocycles. The first-order valence-electron chi connectivity index (χ1n) is 18.9. The van der Waals surface area contributed by atoms with Crippen LogP contribution in [0, 0.1) is 46.3 Å². The number of methoxy groups -OCH3 is 1. The minimum atomic E-state index is -0.303. The second-order valence-corrected chi connectivity index (χ2v) is 16.8. The number of aliphatic hydroxyl groups excluding tert-OH is 1. The number of carbonyl (C=O) groups excluding carboxylic acids is 2. The van der Waals surface area contributed by atoms with Crippen molar-refractivity contribution in [3.05, 3.63) is 83.7 Å². The zero-order valence-corrected chi connectivity index (χ0v) is 30.2. The van der Waals surface area contributed by atoms with E-state index in [0.717, 1.165) is 43.3 Å². The third-order valence-electron chi connectivity index (χ3n) is 14.3. The molecule has 2 aliphatic heterocycles. The molecule has 7 aliphatic rings. The van der Waals surface area contributed by atoms with Crippen molar-refractivity contribution in [2.24, 2.45) is 46.3 Å². The topological polar surface area (TPSA) is 82.1 Å². The van der Waals surface area contributed by atoms with Gasteiger partial charge in [0, 0.05) is 29.9 Å². The fourth-order valence-corrected chi connectivity index (χ4v) is 11.6. The number of carbonyl (C=O) groups is 2. The minimum Gasteiger partial charge on any atom is -0.493 e. The molecular weight excluding hydrogens is 612 g/mol. The van der Waals surface area contributed by atoms with E-state index in [9.17, 15) is 14.7 Å². The van der Waals surface area contributed by atoms with Gasteiger partial charge < -0.3 is 19.3 Å². The number of rotatable bonds is 4. The van der Waals surface area contributed by atoms with E-state index in [1.54, 1.807) is 11.6 Å². The van der Waals surface area contributed by atoms with Crippen LogP contribution in [-0.4, -0.2) is 48.4 Å². The zero-order valence-electron chi connectivity index (χ0n) is 30.2. The molecule has 5 fully saturated rings. The van der Waals surface area contributed by atoms with Gasteiger partial charge in [-0.05, 0) is 103 Å². The van der Waals surface area contributed by atoms with Gasteiger partial charge >= 0.3 is 0 Å². The van der Waals surface area contributed by atoms with Gasteiger partial charge in [0.2, 0.25) is 5.78 Å². The number of hydrogen-bond acceptors (Lipinski definition) is 6. The number of aliphatic hydroxyl groups is 1. The van der Waals surface area contributed by atoms with Crippen molar-refractivity contribution in [3.63, 3.8) is 0 Å². The van der Waals surface area contributed by atoms with Gasteiger partial charge in [0.15, 0.2) is 17.3 Å². The van der Waals surface area contributed by atoms with Crippen LogP contribution in [0.3, 0.4) is 0 Å². The summed E-state index contributed by atoms with van der Waals surface area (Å²) < 4.78 is 18.2. The Bertz CT molecular complexity index is 1550. The monoisotopic (exact) mass is 668 g/mol. The molecule has 0 amide bonds. The molecule has 8 rings (SSSR count). The van der Waals surface area contributed by atoms with Crippen LogP contribution in [0.1, 0.15) is 97.0 Å². The summed E-state index contributed by atoms with van der Waals surface area (Å²) in [6.07, 6.45) is 17.8. The van der Waals surface area contributed by atoms with Crippen LogP contribution >= 0.6 is 0 Å². The van der Waals surface area contributed by atoms with Crippen LogP contribution < -0.4 is 0 Å². The van der Waals surface area contributed by atoms with Crippen LogP contribution in [0.25, 0.3) is 0 Å². The third-order valence-corrected chi connectivity index (χ3v) is 14.3. The van der Waals surface area contributed by atoms with E-state index >= 15 is 0 Å². The lowest BCUT2D eigenvalue weighted by atomic mass is 9.48. The number of hydrogen-bond donors (Lipinski definition) is 1. The van der Waals surface area contributed by atoms with Crippen molar-refractivity contribution in [3.8, 4) is 0 Å². The van der Waals surface area contributed by atoms with Crippen molar-refractivity contribution in [1.82, 2.24) is 0 Å². The van der Waals surface area contributed by atoms with E-state index in [0.29, 0.717) is 46.2 Å². The first-order valence-corrected chi connectivity index (χ1v) is 18.9. The molecule has 0 radical (unpaired) electrons. The zero-order chi connectivity index (χ0) is 34.7. The summed E-state index contributed by atoms with van der Waals surface area (Å²) in [4.78, 5) is 23.8. The summed E-state index contributed by atoms with van der Waals surface area (Å²) in [6, 6.07) is 9.48. The average molecular weight is 669 g/mol. The standard InChI is InChI=1S/C27H42O3.C16H14O3/c1-16-7-12-27(29-15-16)17(2)24-23(30-27)14-22-20-6-5-18-13-19(28)8-10-25(18,3)21(20)9-11-26(22,24)4;1-3-12(11-7-5-4-6-8-11)13-9-15(18)16(19-2)10-14(13)17/h9,16-20,22-24,28H,5-8,10-15H2,1-4H3;3-10,12H,1H2,2H3. The molecule has 264 valence electrons. The van der Waals surface area contributed by atoms with E-state index in [1.165, 1.54) is 57.8 Å². The summed E-state index contributed by atoms with van der Waals surface area (Å²) in [5, 5.41) is 10.3. The lowest BCUT2D eigenvalue weighted by Gasteiger charge is -2.57. The third kappa shape index (κ3) is 5.74. The molecule has 0 aromatic heterocycles. The predicted molar refractivity (Wildman–Crippen MR) is 190 cm³/mol. The largest absolute Gasteiger partial charge is 0.493 e. The second kappa shape index (κ2) is 13.1. The van der Waals surface area contributed by atoms with Crippen molar-refractivity contribution in [1.29, 1.82) is 0 Å². The van der Waals surface area contributed by atoms with E-state index in [1.807, 2.05) is 30.3 Å². The molecule has 12 atom stereocenters. The van der Waals surface area contributed by atoms with Crippen molar-refractivity contribution < 1.29 is 28.9 Å². The maximum Gasteiger partial charge on any atom is 0.220 e. The van der Waals surface area contributed by atoms with Gasteiger partial charge in [-0.25, -0.2) is 0 Å². The molecule has 0 bridgehead atoms. The van der Waals surface area contributed by atoms with Gasteiger partial charge in [0.05, 0.1) is 25.9 Å². The summed E-state index contributed by atoms with van der Waals surface area (Å²) in [5.74, 6) is 2.96. The predicted octanol–water partition coefficient (Wildman–Crippen LogP) is 8.28. The molecule has 1 aromatic rings. The summed E-state index contributed by atoms with van der Waals surface area (Å²) in [6.45, 7) is 14.5. The highest BCUT2D eigenvalue weighted by Gasteiger charge is 2.67. The maximum atomic E-state index is 12.1. The Balaban J connectivity index is 0.000000172. The lowest BCUT2D eigenvalue weighted by molar-refractivity contribution is -0.272. The van der Waals surface area contributed by atoms with E-state index < -0.39 is 0 Å². The second-order valence-electron chi connectivity index (χ2n) is 16.8. The molecule has 3 saturated carbocycles. The smallest absolute Gasteiger partial charge is 0.220 e. The summed E-state index contributed by atoms with van der Waals surface area (Å²) in [5.41, 5.74) is 3.81. The van der Waals surface area contributed by atoms with Gasteiger partial charge in [-0.1, -0.05) is 75.8 Å². The number of allylic oxidation sites excluding steroid dienone is 6. The molecular formula is C43H56O6. The Morgan fingerprint density at radius 3 is 2.47 bits per heavy atom. The van der Waals surface area contributed by atoms with Crippen molar-refractivity contribution in [2.75, 3.05) is 13.7 Å². The van der Waals surface area contributed by atoms with Crippen molar-refractivity contribution in [2.45, 2.75) is 109 Å². The molecule has 5 aliphatic carbocycles. The van der Waals surface area contributed by atoms with E-state index in [4.69, 9.17) is 14.2 Å². The van der Waals surface area contributed by atoms with Crippen LogP contribution in [-0.2, 0) is 23.8 Å². The highest BCUT2D eigenvalue weighted by atomic mass is 16.7. The molecule has 49 heavy (non-hydrogen) atoms. The first kappa shape index (κ1) is 34.6. The molecule has 2 heterocycles. The molecule has 1 aromatic carbocycles. The first-order chi connectivity index (χ1) is 23.4. The fraction of sp³-hybridized carbons (Fsp3) is 0.628. The Hall–Kier alpha value is -2.80. The van der Waals surface area contributed by atoms with Gasteiger partial charge in [0.1, 0.15) is 0 Å². The minimum absolute atomic E-state index is 0.0661. The summed E-state index contributed by atoms with van der Waals surface area (Å²) in [7, 11) is 1.37. The number of benzene rings is 1. The van der Waals surface area contributed by atoms with Gasteiger partial charge in [0.25, 0.3) is 0 Å². The summed E-state index contributed by atoms with van der Waals surface area (Å²) >= 11 is 0. The molecule has 1 spiro atoms. The van der Waals surface area contributed by atoms with Gasteiger partial charge in [-0.15, -0.1) is 6.58 Å². The molecule has 12 unspecified atom stereocenters. The maximum absolute atomic E-state index is 12.1. The van der Waals surface area contributed by atoms with Gasteiger partial charge in [-0.2, -0.15) is 0 Å². The Morgan fingerprint density at radius 1 is 1.00 bits per heavy atom. The Morgan fingerprint density at radius 2 is 1.78 bits per heavy atom. The highest BCUT2D eigenvalue weighted by molar-refractivity contribution is 6.19. The van der Waals surface area contributed by atoms with Gasteiger partial charge in [-0.3, -0.25) is 9.59 Å². The van der Waals surface area contributed by atoms with Crippen LogP contribution in [0.4, 0.5) is 0 Å². The van der Waals surface area contributed by atoms with Crippen LogP contribution in [0.15, 0.2) is 78.1 Å². The van der Waals surface area contributed by atoms with Crippen LogP contribution in [0.2, 0.25) is 0 Å². The molecule has 6 nitrogen and oxygen atoms in total. The van der Waals surface area contributed by atoms with E-state index in [-0.39, 0.29) is 35.1 Å². The quantitative estimate of drug-likeness (QED) is 0.257. The number of fused-ring (bicyclic) bond motifs is 7. The number of ketones is 2. The molecule has 6 heteroatoms. The average Bonchev–Trinajstić information content (AvgIpc) is 3.54. The number of ether oxygens (including phenoxy) is 3.